The predicted molar refractivity (Wildman–Crippen MR) is 70.1 cm³/mol. The van der Waals surface area contributed by atoms with Crippen LogP contribution in [0.5, 0.6) is 0 Å². The van der Waals surface area contributed by atoms with Gasteiger partial charge in [-0.05, 0) is 6.42 Å². The standard InChI is InChI=1S/C13H16N2O5/c1-3-8-6-15(12(19)14-11(8)18)10-5-9(17)13(4-2,7-16)20-10/h2,6,9-10,16-17H,3,5,7H2,1H3,(H,14,18,19)/t9?,10-,13-/m0/s1. The lowest BCUT2D eigenvalue weighted by molar-refractivity contribution is -0.0913. The molecule has 0 radical (unpaired) electrons. The van der Waals surface area contributed by atoms with Gasteiger partial charge in [-0.25, -0.2) is 4.79 Å². The Morgan fingerprint density at radius 3 is 2.85 bits per heavy atom. The molecule has 0 amide bonds. The normalized spacial score (nSPS) is 29.3. The topological polar surface area (TPSA) is 105 Å². The number of hydrogen-bond acceptors (Lipinski definition) is 5. The molecule has 7 heteroatoms. The number of rotatable bonds is 3. The Balaban J connectivity index is 2.43. The molecule has 0 aliphatic carbocycles. The van der Waals surface area contributed by atoms with Crippen LogP contribution in [0, 0.1) is 12.3 Å². The zero-order chi connectivity index (χ0) is 14.9. The first-order valence-electron chi connectivity index (χ1n) is 6.26. The van der Waals surface area contributed by atoms with Gasteiger partial charge in [-0.2, -0.15) is 0 Å². The average Bonchev–Trinajstić information content (AvgIpc) is 2.76. The maximum absolute atomic E-state index is 11.8. The van der Waals surface area contributed by atoms with Crippen molar-refractivity contribution in [2.45, 2.75) is 37.7 Å². The van der Waals surface area contributed by atoms with Crippen LogP contribution in [-0.4, -0.2) is 38.1 Å². The van der Waals surface area contributed by atoms with Crippen molar-refractivity contribution in [3.05, 3.63) is 32.6 Å². The van der Waals surface area contributed by atoms with Gasteiger partial charge in [-0.3, -0.25) is 14.3 Å². The van der Waals surface area contributed by atoms with Crippen LogP contribution < -0.4 is 11.2 Å². The van der Waals surface area contributed by atoms with Gasteiger partial charge >= 0.3 is 5.69 Å². The second-order valence-corrected chi connectivity index (χ2v) is 4.69. The number of nitrogens with zero attached hydrogens (tertiary/aromatic N) is 1. The van der Waals surface area contributed by atoms with Crippen molar-refractivity contribution in [3.8, 4) is 12.3 Å². The van der Waals surface area contributed by atoms with E-state index in [4.69, 9.17) is 11.2 Å². The van der Waals surface area contributed by atoms with Gasteiger partial charge in [0, 0.05) is 18.2 Å². The number of aliphatic hydroxyl groups excluding tert-OH is 2. The van der Waals surface area contributed by atoms with Crippen LogP contribution in [0.15, 0.2) is 15.8 Å². The molecular weight excluding hydrogens is 264 g/mol. The summed E-state index contributed by atoms with van der Waals surface area (Å²) in [4.78, 5) is 25.5. The molecule has 2 heterocycles. The minimum Gasteiger partial charge on any atom is -0.392 e. The molecule has 3 N–H and O–H groups in total. The van der Waals surface area contributed by atoms with Crippen LogP contribution in [0.2, 0.25) is 0 Å². The third-order valence-electron chi connectivity index (χ3n) is 3.52. The molecule has 1 fully saturated rings. The average molecular weight is 280 g/mol. The largest absolute Gasteiger partial charge is 0.392 e. The van der Waals surface area contributed by atoms with Crippen LogP contribution in [0.3, 0.4) is 0 Å². The molecule has 3 atom stereocenters. The van der Waals surface area contributed by atoms with E-state index in [0.717, 1.165) is 0 Å². The van der Waals surface area contributed by atoms with Crippen molar-refractivity contribution in [1.82, 2.24) is 9.55 Å². The second-order valence-electron chi connectivity index (χ2n) is 4.69. The van der Waals surface area contributed by atoms with Gasteiger partial charge in [0.1, 0.15) is 12.3 Å². The van der Waals surface area contributed by atoms with E-state index >= 15 is 0 Å². The minimum absolute atomic E-state index is 0.0554. The van der Waals surface area contributed by atoms with E-state index in [0.29, 0.717) is 12.0 Å². The highest BCUT2D eigenvalue weighted by Gasteiger charge is 2.47. The highest BCUT2D eigenvalue weighted by molar-refractivity contribution is 5.16. The summed E-state index contributed by atoms with van der Waals surface area (Å²) in [5.41, 5.74) is -2.19. The van der Waals surface area contributed by atoms with Gasteiger partial charge in [0.05, 0.1) is 6.61 Å². The number of terminal acetylenes is 1. The number of hydrogen-bond donors (Lipinski definition) is 3. The van der Waals surface area contributed by atoms with E-state index in [-0.39, 0.29) is 6.42 Å². The number of aryl methyl sites for hydroxylation is 1. The highest BCUT2D eigenvalue weighted by atomic mass is 16.6. The van der Waals surface area contributed by atoms with Crippen molar-refractivity contribution in [2.75, 3.05) is 6.61 Å². The lowest BCUT2D eigenvalue weighted by Gasteiger charge is -2.23. The third-order valence-corrected chi connectivity index (χ3v) is 3.52. The number of nitrogens with one attached hydrogen (secondary N) is 1. The number of H-pyrrole nitrogens is 1. The fourth-order valence-corrected chi connectivity index (χ4v) is 2.23. The molecule has 0 bridgehead atoms. The summed E-state index contributed by atoms with van der Waals surface area (Å²) < 4.78 is 6.65. The molecule has 1 unspecified atom stereocenters. The van der Waals surface area contributed by atoms with Gasteiger partial charge in [0.25, 0.3) is 5.56 Å². The first-order valence-corrected chi connectivity index (χ1v) is 6.26. The van der Waals surface area contributed by atoms with Gasteiger partial charge in [0.2, 0.25) is 0 Å². The molecule has 1 aliphatic heterocycles. The van der Waals surface area contributed by atoms with Gasteiger partial charge < -0.3 is 14.9 Å². The molecule has 2 rings (SSSR count). The SMILES string of the molecule is C#C[C@@]1(CO)O[C@H](n2cc(CC)c(=O)[nH]c2=O)CC1O. The van der Waals surface area contributed by atoms with E-state index in [9.17, 15) is 19.8 Å². The molecule has 1 aromatic heterocycles. The van der Waals surface area contributed by atoms with Gasteiger partial charge in [0.15, 0.2) is 5.60 Å². The zero-order valence-corrected chi connectivity index (χ0v) is 11.0. The van der Waals surface area contributed by atoms with E-state index < -0.39 is 35.8 Å². The second kappa shape index (κ2) is 5.25. The molecule has 7 nitrogen and oxygen atoms in total. The maximum Gasteiger partial charge on any atom is 0.330 e. The van der Waals surface area contributed by atoms with Gasteiger partial charge in [-0.15, -0.1) is 6.42 Å². The molecule has 0 spiro atoms. The number of ether oxygens (including phenoxy) is 1. The predicted octanol–water partition coefficient (Wildman–Crippen LogP) is -1.26. The van der Waals surface area contributed by atoms with E-state index in [1.54, 1.807) is 6.92 Å². The van der Waals surface area contributed by atoms with E-state index in [1.807, 2.05) is 0 Å². The lowest BCUT2D eigenvalue weighted by atomic mass is 9.99. The summed E-state index contributed by atoms with van der Waals surface area (Å²) in [5.74, 6) is 2.23. The quantitative estimate of drug-likeness (QED) is 0.600. The molecule has 108 valence electrons. The monoisotopic (exact) mass is 280 g/mol. The summed E-state index contributed by atoms with van der Waals surface area (Å²) in [6.45, 7) is 1.23. The Morgan fingerprint density at radius 2 is 2.35 bits per heavy atom. The molecule has 1 saturated heterocycles. The fourth-order valence-electron chi connectivity index (χ4n) is 2.23. The van der Waals surface area contributed by atoms with Crippen LogP contribution >= 0.6 is 0 Å². The van der Waals surface area contributed by atoms with Crippen LogP contribution in [0.25, 0.3) is 0 Å². The summed E-state index contributed by atoms with van der Waals surface area (Å²) in [6.07, 6.45) is 5.26. The smallest absolute Gasteiger partial charge is 0.330 e. The minimum atomic E-state index is -1.52. The number of aromatic amines is 1. The molecule has 0 saturated carbocycles. The first kappa shape index (κ1) is 14.5. The Hall–Kier alpha value is -1.88. The highest BCUT2D eigenvalue weighted by Crippen LogP contribution is 2.35. The van der Waals surface area contributed by atoms with Crippen molar-refractivity contribution in [2.24, 2.45) is 0 Å². The van der Waals surface area contributed by atoms with Crippen LogP contribution in [0.4, 0.5) is 0 Å². The summed E-state index contributed by atoms with van der Waals surface area (Å²) in [6, 6.07) is 0. The number of aliphatic hydroxyl groups is 2. The number of aromatic nitrogens is 2. The lowest BCUT2D eigenvalue weighted by Crippen LogP contribution is -2.41. The Morgan fingerprint density at radius 1 is 1.65 bits per heavy atom. The van der Waals surface area contributed by atoms with Crippen molar-refractivity contribution >= 4 is 0 Å². The Bertz CT molecular complexity index is 656. The van der Waals surface area contributed by atoms with Crippen LogP contribution in [-0.2, 0) is 11.2 Å². The third kappa shape index (κ3) is 2.18. The Labute approximate surface area is 114 Å². The zero-order valence-electron chi connectivity index (χ0n) is 11.0. The fraction of sp³-hybridized carbons (Fsp3) is 0.538. The Kier molecular flexibility index (Phi) is 3.81. The van der Waals surface area contributed by atoms with Crippen molar-refractivity contribution < 1.29 is 14.9 Å². The summed E-state index contributed by atoms with van der Waals surface area (Å²) >= 11 is 0. The van der Waals surface area contributed by atoms with Crippen LogP contribution in [0.1, 0.15) is 25.1 Å². The maximum atomic E-state index is 11.8. The molecule has 0 aromatic carbocycles. The first-order chi connectivity index (χ1) is 9.47. The molecule has 20 heavy (non-hydrogen) atoms. The molecule has 1 aromatic rings. The molecule has 1 aliphatic rings. The van der Waals surface area contributed by atoms with Crippen molar-refractivity contribution in [1.29, 1.82) is 0 Å². The van der Waals surface area contributed by atoms with Crippen molar-refractivity contribution in [3.63, 3.8) is 0 Å². The summed E-state index contributed by atoms with van der Waals surface area (Å²) in [5, 5.41) is 19.2. The van der Waals surface area contributed by atoms with E-state index in [1.165, 1.54) is 10.8 Å². The summed E-state index contributed by atoms with van der Waals surface area (Å²) in [7, 11) is 0. The molecular formula is C13H16N2O5. The van der Waals surface area contributed by atoms with E-state index in [2.05, 4.69) is 10.9 Å². The van der Waals surface area contributed by atoms with Gasteiger partial charge in [-0.1, -0.05) is 12.8 Å².